The number of nitrogens with one attached hydrogen (secondary N) is 1. The van der Waals surface area contributed by atoms with Gasteiger partial charge < -0.3 is 14.8 Å². The van der Waals surface area contributed by atoms with Crippen LogP contribution < -0.4 is 10.1 Å². The van der Waals surface area contributed by atoms with Crippen LogP contribution in [0.1, 0.15) is 18.2 Å². The van der Waals surface area contributed by atoms with Gasteiger partial charge in [0.25, 0.3) is 10.0 Å². The van der Waals surface area contributed by atoms with Gasteiger partial charge in [0.05, 0.1) is 54.2 Å². The molecule has 5 rings (SSSR count). The molecule has 0 radical (unpaired) electrons. The van der Waals surface area contributed by atoms with Crippen molar-refractivity contribution in [2.45, 2.75) is 32.2 Å². The molecule has 4 aromatic rings. The second-order valence-corrected chi connectivity index (χ2v) is 10.7. The van der Waals surface area contributed by atoms with E-state index in [1.54, 1.807) is 36.5 Å². The molecule has 11 nitrogen and oxygen atoms in total. The zero-order valence-electron chi connectivity index (χ0n) is 21.2. The van der Waals surface area contributed by atoms with Gasteiger partial charge in [0, 0.05) is 25.8 Å². The van der Waals surface area contributed by atoms with E-state index in [2.05, 4.69) is 25.3 Å². The molecule has 1 aliphatic heterocycles. The molecule has 37 heavy (non-hydrogen) atoms. The number of aromatic nitrogens is 5. The molecule has 0 spiro atoms. The van der Waals surface area contributed by atoms with Gasteiger partial charge in [-0.2, -0.15) is 15.1 Å². The van der Waals surface area contributed by atoms with E-state index in [0.717, 1.165) is 56.3 Å². The topological polar surface area (TPSA) is 116 Å². The molecule has 196 valence electrons. The maximum absolute atomic E-state index is 13.4. The zero-order chi connectivity index (χ0) is 26.0. The second-order valence-electron chi connectivity index (χ2n) is 8.90. The smallest absolute Gasteiger partial charge is 0.269 e. The minimum Gasteiger partial charge on any atom is -0.477 e. The highest BCUT2D eigenvalue weighted by atomic mass is 32.2. The van der Waals surface area contributed by atoms with Crippen molar-refractivity contribution < 1.29 is 17.9 Å². The van der Waals surface area contributed by atoms with Crippen LogP contribution in [-0.2, 0) is 21.3 Å². The number of fused-ring (bicyclic) bond motifs is 1. The van der Waals surface area contributed by atoms with E-state index in [1.165, 1.54) is 10.2 Å². The fourth-order valence-corrected chi connectivity index (χ4v) is 5.56. The van der Waals surface area contributed by atoms with Crippen molar-refractivity contribution in [1.29, 1.82) is 0 Å². The van der Waals surface area contributed by atoms with Crippen LogP contribution in [0.15, 0.2) is 47.6 Å². The summed E-state index contributed by atoms with van der Waals surface area (Å²) in [4.78, 5) is 11.6. The summed E-state index contributed by atoms with van der Waals surface area (Å²) in [5, 5.41) is 8.24. The molecule has 0 bridgehead atoms. The highest BCUT2D eigenvalue weighted by Crippen LogP contribution is 2.29. The van der Waals surface area contributed by atoms with E-state index in [1.807, 2.05) is 25.5 Å². The van der Waals surface area contributed by atoms with Crippen LogP contribution >= 0.6 is 0 Å². The molecule has 0 saturated carbocycles. The molecule has 3 aromatic heterocycles. The van der Waals surface area contributed by atoms with Gasteiger partial charge in [-0.3, -0.25) is 9.58 Å². The number of aryl methyl sites for hydroxylation is 1. The quantitative estimate of drug-likeness (QED) is 0.352. The number of nitrogens with zero attached hydrogens (tertiary/aromatic N) is 6. The van der Waals surface area contributed by atoms with Crippen LogP contribution in [0.5, 0.6) is 5.88 Å². The van der Waals surface area contributed by atoms with Gasteiger partial charge in [-0.25, -0.2) is 12.4 Å². The monoisotopic (exact) mass is 525 g/mol. The first-order chi connectivity index (χ1) is 17.9. The van der Waals surface area contributed by atoms with Crippen molar-refractivity contribution in [3.05, 3.63) is 54.0 Å². The molecule has 1 saturated heterocycles. The van der Waals surface area contributed by atoms with Crippen molar-refractivity contribution in [2.24, 2.45) is 0 Å². The summed E-state index contributed by atoms with van der Waals surface area (Å²) in [6.45, 7) is 11.1. The first-order valence-corrected chi connectivity index (χ1v) is 13.7. The number of hydrogen-bond acceptors (Lipinski definition) is 9. The Morgan fingerprint density at radius 2 is 1.81 bits per heavy atom. The molecule has 1 aliphatic rings. The fraction of sp³-hybridized carbons (Fsp3) is 0.400. The molecule has 4 heterocycles. The van der Waals surface area contributed by atoms with E-state index in [9.17, 15) is 8.42 Å². The number of anilines is 2. The number of hydrogen-bond donors (Lipinski definition) is 1. The second kappa shape index (κ2) is 10.5. The predicted octanol–water partition coefficient (Wildman–Crippen LogP) is 2.96. The largest absolute Gasteiger partial charge is 0.477 e. The maximum Gasteiger partial charge on any atom is 0.269 e. The lowest BCUT2D eigenvalue weighted by molar-refractivity contribution is 0.0359. The van der Waals surface area contributed by atoms with Crippen LogP contribution in [0.3, 0.4) is 0 Å². The van der Waals surface area contributed by atoms with E-state index in [4.69, 9.17) is 9.47 Å². The molecule has 1 N–H and O–H groups in total. The van der Waals surface area contributed by atoms with Crippen LogP contribution in [-0.4, -0.2) is 76.5 Å². The first-order valence-electron chi connectivity index (χ1n) is 12.3. The Hall–Kier alpha value is -3.48. The van der Waals surface area contributed by atoms with Crippen LogP contribution in [0.25, 0.3) is 11.0 Å². The Bertz CT molecular complexity index is 1490. The van der Waals surface area contributed by atoms with Gasteiger partial charge in [-0.1, -0.05) is 17.7 Å². The van der Waals surface area contributed by atoms with E-state index in [0.29, 0.717) is 17.9 Å². The molecule has 0 unspecified atom stereocenters. The Morgan fingerprint density at radius 3 is 2.54 bits per heavy atom. The van der Waals surface area contributed by atoms with Gasteiger partial charge in [-0.05, 0) is 39.0 Å². The van der Waals surface area contributed by atoms with Crippen molar-refractivity contribution in [3.8, 4) is 5.88 Å². The molecule has 0 aliphatic carbocycles. The van der Waals surface area contributed by atoms with Crippen LogP contribution in [0.2, 0.25) is 0 Å². The minimum atomic E-state index is -3.87. The molecule has 1 fully saturated rings. The third-order valence-corrected chi connectivity index (χ3v) is 8.10. The summed E-state index contributed by atoms with van der Waals surface area (Å²) < 4.78 is 41.1. The number of morpholine rings is 1. The summed E-state index contributed by atoms with van der Waals surface area (Å²) in [6.07, 6.45) is 3.21. The highest BCUT2D eigenvalue weighted by Gasteiger charge is 2.23. The van der Waals surface area contributed by atoms with Crippen molar-refractivity contribution in [3.63, 3.8) is 0 Å². The van der Waals surface area contributed by atoms with E-state index >= 15 is 0 Å². The Kier molecular flexibility index (Phi) is 7.13. The van der Waals surface area contributed by atoms with E-state index < -0.39 is 10.0 Å². The van der Waals surface area contributed by atoms with E-state index in [-0.39, 0.29) is 16.5 Å². The van der Waals surface area contributed by atoms with Crippen LogP contribution in [0, 0.1) is 13.8 Å². The highest BCUT2D eigenvalue weighted by molar-refractivity contribution is 7.90. The summed E-state index contributed by atoms with van der Waals surface area (Å²) in [5.41, 5.74) is 2.88. The third kappa shape index (κ3) is 5.17. The standard InChI is InChI=1S/C25H31N7O4S/c1-4-36-24-21-9-10-32(37(33,34)20-7-5-18(2)6-8-20)23(21)28-25(29-24)27-22-17-26-31(19(22)3)12-11-30-13-15-35-16-14-30/h5-10,17H,4,11-16H2,1-3H3,(H,27,28,29). The fourth-order valence-electron chi connectivity index (χ4n) is 4.26. The SMILES string of the molecule is CCOc1nc(Nc2cnn(CCN3CCOCC3)c2C)nc2c1ccn2S(=O)(=O)c1ccc(C)cc1. The lowest BCUT2D eigenvalue weighted by Gasteiger charge is -2.26. The molecule has 0 atom stereocenters. The number of benzene rings is 1. The Morgan fingerprint density at radius 1 is 1.05 bits per heavy atom. The number of rotatable bonds is 9. The first kappa shape index (κ1) is 25.2. The van der Waals surface area contributed by atoms with Gasteiger partial charge in [-0.15, -0.1) is 0 Å². The summed E-state index contributed by atoms with van der Waals surface area (Å²) in [5.74, 6) is 0.538. The Balaban J connectivity index is 1.45. The number of ether oxygens (including phenoxy) is 2. The van der Waals surface area contributed by atoms with Crippen molar-refractivity contribution in [2.75, 3.05) is 44.8 Å². The van der Waals surface area contributed by atoms with Gasteiger partial charge in [0.15, 0.2) is 5.65 Å². The molecular formula is C25H31N7O4S. The van der Waals surface area contributed by atoms with Gasteiger partial charge in [0.1, 0.15) is 0 Å². The maximum atomic E-state index is 13.4. The lowest BCUT2D eigenvalue weighted by atomic mass is 10.2. The molecule has 1 aromatic carbocycles. The van der Waals surface area contributed by atoms with Gasteiger partial charge in [0.2, 0.25) is 11.8 Å². The summed E-state index contributed by atoms with van der Waals surface area (Å²) in [6, 6.07) is 8.38. The normalized spacial score (nSPS) is 14.8. The zero-order valence-corrected chi connectivity index (χ0v) is 22.0. The van der Waals surface area contributed by atoms with Crippen molar-refractivity contribution in [1.82, 2.24) is 28.6 Å². The minimum absolute atomic E-state index is 0.180. The third-order valence-electron chi connectivity index (χ3n) is 6.42. The summed E-state index contributed by atoms with van der Waals surface area (Å²) in [7, 11) is -3.87. The molecule has 0 amide bonds. The average Bonchev–Trinajstić information content (AvgIpc) is 3.48. The van der Waals surface area contributed by atoms with Crippen molar-refractivity contribution >= 4 is 32.7 Å². The van der Waals surface area contributed by atoms with Crippen LogP contribution in [0.4, 0.5) is 11.6 Å². The van der Waals surface area contributed by atoms with Gasteiger partial charge >= 0.3 is 0 Å². The Labute approximate surface area is 216 Å². The average molecular weight is 526 g/mol. The molecular weight excluding hydrogens is 494 g/mol. The summed E-state index contributed by atoms with van der Waals surface area (Å²) >= 11 is 0. The molecule has 12 heteroatoms. The lowest BCUT2D eigenvalue weighted by Crippen LogP contribution is -2.38. The predicted molar refractivity (Wildman–Crippen MR) is 140 cm³/mol.